The molecule has 1 heterocycles. The summed E-state index contributed by atoms with van der Waals surface area (Å²) in [7, 11) is 0. The van der Waals surface area contributed by atoms with Crippen molar-refractivity contribution in [1.82, 2.24) is 10.2 Å². The molecule has 0 fully saturated rings. The Morgan fingerprint density at radius 3 is 2.93 bits per heavy atom. The van der Waals surface area contributed by atoms with E-state index in [1.807, 2.05) is 24.3 Å². The summed E-state index contributed by atoms with van der Waals surface area (Å²) in [5.74, 6) is 1.37. The molecule has 1 aromatic carbocycles. The van der Waals surface area contributed by atoms with E-state index in [-0.39, 0.29) is 0 Å². The summed E-state index contributed by atoms with van der Waals surface area (Å²) in [6, 6.07) is 7.76. The van der Waals surface area contributed by atoms with Crippen molar-refractivity contribution in [2.75, 3.05) is 5.73 Å². The van der Waals surface area contributed by atoms with Crippen molar-refractivity contribution in [2.45, 2.75) is 17.9 Å². The predicted octanol–water partition coefficient (Wildman–Crippen LogP) is 2.25. The van der Waals surface area contributed by atoms with Crippen LogP contribution in [-0.4, -0.2) is 10.2 Å². The third-order valence-corrected chi connectivity index (χ3v) is 2.71. The van der Waals surface area contributed by atoms with E-state index in [1.54, 1.807) is 6.92 Å². The molecule has 0 aliphatic rings. The zero-order chi connectivity index (χ0) is 10.7. The van der Waals surface area contributed by atoms with Gasteiger partial charge in [-0.2, -0.15) is 0 Å². The quantitative estimate of drug-likeness (QED) is 0.636. The molecular weight excluding hydrogens is 210 g/mol. The monoisotopic (exact) mass is 221 g/mol. The van der Waals surface area contributed by atoms with Crippen LogP contribution in [0, 0.1) is 6.92 Å². The molecule has 0 saturated heterocycles. The fourth-order valence-corrected chi connectivity index (χ4v) is 1.91. The second-order valence-corrected chi connectivity index (χ2v) is 4.05. The number of rotatable bonds is 3. The van der Waals surface area contributed by atoms with Crippen LogP contribution in [0.3, 0.4) is 0 Å². The number of aryl methyl sites for hydroxylation is 1. The SMILES string of the molecule is Cc1nnc(SCc2cccc(N)c2)o1. The van der Waals surface area contributed by atoms with Gasteiger partial charge in [0.25, 0.3) is 5.22 Å². The smallest absolute Gasteiger partial charge is 0.276 e. The number of nitrogen functional groups attached to an aromatic ring is 1. The topological polar surface area (TPSA) is 64.9 Å². The molecule has 0 atom stereocenters. The van der Waals surface area contributed by atoms with Gasteiger partial charge in [0.15, 0.2) is 0 Å². The Bertz CT molecular complexity index is 455. The summed E-state index contributed by atoms with van der Waals surface area (Å²) >= 11 is 1.51. The van der Waals surface area contributed by atoms with Crippen molar-refractivity contribution in [1.29, 1.82) is 0 Å². The van der Waals surface area contributed by atoms with Crippen LogP contribution >= 0.6 is 11.8 Å². The Morgan fingerprint density at radius 2 is 2.27 bits per heavy atom. The third kappa shape index (κ3) is 2.73. The zero-order valence-corrected chi connectivity index (χ0v) is 9.12. The van der Waals surface area contributed by atoms with Gasteiger partial charge < -0.3 is 10.2 Å². The van der Waals surface area contributed by atoms with Crippen LogP contribution in [0.5, 0.6) is 0 Å². The standard InChI is InChI=1S/C10H11N3OS/c1-7-12-13-10(14-7)15-6-8-3-2-4-9(11)5-8/h2-5H,6,11H2,1H3. The van der Waals surface area contributed by atoms with Crippen molar-refractivity contribution in [2.24, 2.45) is 0 Å². The second kappa shape index (κ2) is 4.35. The first-order valence-corrected chi connectivity index (χ1v) is 5.50. The van der Waals surface area contributed by atoms with E-state index in [0.29, 0.717) is 11.1 Å². The highest BCUT2D eigenvalue weighted by Crippen LogP contribution is 2.21. The number of thioether (sulfide) groups is 1. The number of nitrogens with zero attached hydrogens (tertiary/aromatic N) is 2. The van der Waals surface area contributed by atoms with Gasteiger partial charge in [-0.3, -0.25) is 0 Å². The van der Waals surface area contributed by atoms with Crippen molar-refractivity contribution in [3.05, 3.63) is 35.7 Å². The molecular formula is C10H11N3OS. The van der Waals surface area contributed by atoms with Gasteiger partial charge in [0.05, 0.1) is 0 Å². The average Bonchev–Trinajstić information content (AvgIpc) is 2.62. The lowest BCUT2D eigenvalue weighted by Gasteiger charge is -1.99. The molecule has 5 heteroatoms. The van der Waals surface area contributed by atoms with E-state index < -0.39 is 0 Å². The van der Waals surface area contributed by atoms with E-state index in [0.717, 1.165) is 17.0 Å². The average molecular weight is 221 g/mol. The maximum Gasteiger partial charge on any atom is 0.276 e. The largest absolute Gasteiger partial charge is 0.416 e. The zero-order valence-electron chi connectivity index (χ0n) is 8.30. The highest BCUT2D eigenvalue weighted by atomic mass is 32.2. The molecule has 0 unspecified atom stereocenters. The molecule has 0 saturated carbocycles. The maximum absolute atomic E-state index is 5.67. The van der Waals surface area contributed by atoms with Gasteiger partial charge in [-0.05, 0) is 17.7 Å². The molecule has 78 valence electrons. The molecule has 0 spiro atoms. The summed E-state index contributed by atoms with van der Waals surface area (Å²) in [5, 5.41) is 8.25. The van der Waals surface area contributed by atoms with E-state index in [2.05, 4.69) is 10.2 Å². The van der Waals surface area contributed by atoms with Gasteiger partial charge in [-0.25, -0.2) is 0 Å². The molecule has 0 amide bonds. The summed E-state index contributed by atoms with van der Waals surface area (Å²) in [5.41, 5.74) is 7.59. The van der Waals surface area contributed by atoms with Crippen molar-refractivity contribution in [3.63, 3.8) is 0 Å². The molecule has 1 aromatic heterocycles. The van der Waals surface area contributed by atoms with Crippen LogP contribution in [-0.2, 0) is 5.75 Å². The van der Waals surface area contributed by atoms with Crippen LogP contribution in [0.1, 0.15) is 11.5 Å². The molecule has 15 heavy (non-hydrogen) atoms. The van der Waals surface area contributed by atoms with Crippen LogP contribution in [0.15, 0.2) is 33.9 Å². The normalized spacial score (nSPS) is 10.5. The van der Waals surface area contributed by atoms with Gasteiger partial charge in [0.1, 0.15) is 0 Å². The van der Waals surface area contributed by atoms with Gasteiger partial charge in [-0.1, -0.05) is 23.9 Å². The van der Waals surface area contributed by atoms with Crippen molar-refractivity contribution < 1.29 is 4.42 Å². The number of benzene rings is 1. The first-order valence-electron chi connectivity index (χ1n) is 4.51. The van der Waals surface area contributed by atoms with Gasteiger partial charge >= 0.3 is 0 Å². The maximum atomic E-state index is 5.67. The molecule has 0 radical (unpaired) electrons. The lowest BCUT2D eigenvalue weighted by molar-refractivity contribution is 0.429. The summed E-state index contributed by atoms with van der Waals surface area (Å²) in [4.78, 5) is 0. The number of hydrogen-bond donors (Lipinski definition) is 1. The Balaban J connectivity index is 1.99. The summed E-state index contributed by atoms with van der Waals surface area (Å²) in [6.07, 6.45) is 0. The fraction of sp³-hybridized carbons (Fsp3) is 0.200. The predicted molar refractivity (Wildman–Crippen MR) is 59.5 cm³/mol. The molecule has 2 N–H and O–H groups in total. The Kier molecular flexibility index (Phi) is 2.91. The van der Waals surface area contributed by atoms with Crippen LogP contribution in [0.2, 0.25) is 0 Å². The minimum Gasteiger partial charge on any atom is -0.416 e. The van der Waals surface area contributed by atoms with Crippen LogP contribution < -0.4 is 5.73 Å². The first-order chi connectivity index (χ1) is 7.24. The number of aromatic nitrogens is 2. The summed E-state index contributed by atoms with van der Waals surface area (Å²) in [6.45, 7) is 1.78. The van der Waals surface area contributed by atoms with Crippen molar-refractivity contribution >= 4 is 17.4 Å². The van der Waals surface area contributed by atoms with E-state index >= 15 is 0 Å². The number of nitrogens with two attached hydrogens (primary N) is 1. The van der Waals surface area contributed by atoms with E-state index in [1.165, 1.54) is 11.8 Å². The van der Waals surface area contributed by atoms with E-state index in [9.17, 15) is 0 Å². The van der Waals surface area contributed by atoms with Gasteiger partial charge in [0.2, 0.25) is 5.89 Å². The highest BCUT2D eigenvalue weighted by Gasteiger charge is 2.03. The summed E-state index contributed by atoms with van der Waals surface area (Å²) < 4.78 is 5.24. The Labute approximate surface area is 91.9 Å². The second-order valence-electron chi connectivity index (χ2n) is 3.12. The molecule has 4 nitrogen and oxygen atoms in total. The lowest BCUT2D eigenvalue weighted by atomic mass is 10.2. The molecule has 2 rings (SSSR count). The third-order valence-electron chi connectivity index (χ3n) is 1.82. The first kappa shape index (κ1) is 10.0. The van der Waals surface area contributed by atoms with Gasteiger partial charge in [0, 0.05) is 18.4 Å². The Morgan fingerprint density at radius 1 is 1.40 bits per heavy atom. The van der Waals surface area contributed by atoms with Crippen molar-refractivity contribution in [3.8, 4) is 0 Å². The minimum atomic E-state index is 0.588. The van der Waals surface area contributed by atoms with Gasteiger partial charge in [-0.15, -0.1) is 10.2 Å². The minimum absolute atomic E-state index is 0.588. The molecule has 0 aliphatic carbocycles. The van der Waals surface area contributed by atoms with E-state index in [4.69, 9.17) is 10.2 Å². The molecule has 0 aliphatic heterocycles. The lowest BCUT2D eigenvalue weighted by Crippen LogP contribution is -1.86. The highest BCUT2D eigenvalue weighted by molar-refractivity contribution is 7.98. The molecule has 0 bridgehead atoms. The molecule has 2 aromatic rings. The number of anilines is 1. The van der Waals surface area contributed by atoms with Crippen LogP contribution in [0.4, 0.5) is 5.69 Å². The fourth-order valence-electron chi connectivity index (χ4n) is 1.16. The van der Waals surface area contributed by atoms with Crippen LogP contribution in [0.25, 0.3) is 0 Å². The Hall–Kier alpha value is -1.49. The number of hydrogen-bond acceptors (Lipinski definition) is 5.